The summed E-state index contributed by atoms with van der Waals surface area (Å²) in [6.45, 7) is 9.37. The van der Waals surface area contributed by atoms with Crippen LogP contribution in [0.3, 0.4) is 0 Å². The van der Waals surface area contributed by atoms with E-state index in [4.69, 9.17) is 4.74 Å². The molecule has 1 spiro atoms. The third-order valence-corrected chi connectivity index (χ3v) is 6.85. The van der Waals surface area contributed by atoms with Crippen molar-refractivity contribution >= 4 is 11.3 Å². The Kier molecular flexibility index (Phi) is 5.25. The number of thiophene rings is 1. The van der Waals surface area contributed by atoms with Crippen molar-refractivity contribution in [2.24, 2.45) is 0 Å². The van der Waals surface area contributed by atoms with Crippen LogP contribution in [0, 0.1) is 0 Å². The van der Waals surface area contributed by atoms with Crippen molar-refractivity contribution in [1.29, 1.82) is 0 Å². The van der Waals surface area contributed by atoms with Crippen molar-refractivity contribution in [2.75, 3.05) is 52.9 Å². The molecule has 0 radical (unpaired) electrons. The van der Waals surface area contributed by atoms with E-state index in [9.17, 15) is 0 Å². The number of hydrogen-bond donors (Lipinski definition) is 0. The molecule has 3 saturated heterocycles. The lowest BCUT2D eigenvalue weighted by molar-refractivity contribution is -0.130. The van der Waals surface area contributed by atoms with Crippen LogP contribution in [0.4, 0.5) is 0 Å². The van der Waals surface area contributed by atoms with Crippen LogP contribution in [-0.2, 0) is 11.3 Å². The van der Waals surface area contributed by atoms with Gasteiger partial charge in [-0.1, -0.05) is 6.07 Å². The summed E-state index contributed by atoms with van der Waals surface area (Å²) in [5, 5.41) is 2.18. The van der Waals surface area contributed by atoms with Gasteiger partial charge in [0.05, 0.1) is 11.7 Å². The lowest BCUT2D eigenvalue weighted by Crippen LogP contribution is -2.51. The highest BCUT2D eigenvalue weighted by Gasteiger charge is 2.43. The molecule has 0 amide bonds. The van der Waals surface area contributed by atoms with Gasteiger partial charge < -0.3 is 9.64 Å². The lowest BCUT2D eigenvalue weighted by atomic mass is 9.90. The molecule has 5 heteroatoms. The average molecular weight is 350 g/mol. The molecule has 0 aliphatic carbocycles. The fraction of sp³-hybridized carbons (Fsp3) is 0.789. The van der Waals surface area contributed by atoms with Crippen molar-refractivity contribution < 1.29 is 4.74 Å². The summed E-state index contributed by atoms with van der Waals surface area (Å²) in [5.74, 6) is 0. The highest BCUT2D eigenvalue weighted by molar-refractivity contribution is 7.09. The van der Waals surface area contributed by atoms with E-state index < -0.39 is 0 Å². The van der Waals surface area contributed by atoms with Gasteiger partial charge >= 0.3 is 0 Å². The smallest absolute Gasteiger partial charge is 0.0825 e. The molecule has 0 N–H and O–H groups in total. The summed E-state index contributed by atoms with van der Waals surface area (Å²) in [5.41, 5.74) is 0.146. The van der Waals surface area contributed by atoms with Gasteiger partial charge in [0.25, 0.3) is 0 Å². The van der Waals surface area contributed by atoms with Gasteiger partial charge in [-0.05, 0) is 44.2 Å². The molecule has 3 aliphatic heterocycles. The minimum Gasteiger partial charge on any atom is -0.369 e. The first-order valence-corrected chi connectivity index (χ1v) is 10.4. The third kappa shape index (κ3) is 4.02. The average Bonchev–Trinajstić information content (AvgIpc) is 3.21. The maximum atomic E-state index is 6.72. The van der Waals surface area contributed by atoms with E-state index in [2.05, 4.69) is 39.3 Å². The Balaban J connectivity index is 1.30. The maximum absolute atomic E-state index is 6.72. The number of piperazine rings is 1. The van der Waals surface area contributed by atoms with Crippen LogP contribution in [0.5, 0.6) is 0 Å². The molecule has 1 aromatic rings. The minimum atomic E-state index is 0.146. The molecular formula is C19H31N3OS. The molecule has 2 atom stereocenters. The van der Waals surface area contributed by atoms with Crippen LogP contribution in [0.15, 0.2) is 17.5 Å². The zero-order chi connectivity index (χ0) is 16.4. The van der Waals surface area contributed by atoms with Gasteiger partial charge in [0.15, 0.2) is 0 Å². The van der Waals surface area contributed by atoms with Gasteiger partial charge in [0.2, 0.25) is 0 Å². The first-order chi connectivity index (χ1) is 11.7. The van der Waals surface area contributed by atoms with Crippen molar-refractivity contribution in [3.63, 3.8) is 0 Å². The quantitative estimate of drug-likeness (QED) is 0.831. The van der Waals surface area contributed by atoms with Crippen LogP contribution in [-0.4, -0.2) is 79.3 Å². The largest absolute Gasteiger partial charge is 0.369 e. The zero-order valence-corrected chi connectivity index (χ0v) is 15.8. The van der Waals surface area contributed by atoms with Crippen LogP contribution in [0.1, 0.15) is 30.6 Å². The topological polar surface area (TPSA) is 19.0 Å². The van der Waals surface area contributed by atoms with Gasteiger partial charge in [0.1, 0.15) is 0 Å². The van der Waals surface area contributed by atoms with E-state index in [1.165, 1.54) is 63.3 Å². The summed E-state index contributed by atoms with van der Waals surface area (Å²) >= 11 is 1.88. The molecule has 3 fully saturated rings. The predicted octanol–water partition coefficient (Wildman–Crippen LogP) is 2.51. The highest BCUT2D eigenvalue weighted by Crippen LogP contribution is 2.37. The number of nitrogens with zero attached hydrogens (tertiary/aromatic N) is 3. The Bertz CT molecular complexity index is 515. The zero-order valence-electron chi connectivity index (χ0n) is 15.0. The molecule has 0 saturated carbocycles. The molecule has 4 heterocycles. The Labute approximate surface area is 150 Å². The standard InChI is InChI=1S/C19H31N3OS/c1-20-9-11-21(12-10-20)14-17-4-2-6-19(23-17)7-8-22(16-19)15-18-5-3-13-24-18/h3,5,13,17H,2,4,6-12,14-16H2,1H3/t17-,19-/m1/s1. The minimum absolute atomic E-state index is 0.146. The van der Waals surface area contributed by atoms with Gasteiger partial charge in [0, 0.05) is 57.2 Å². The second kappa shape index (κ2) is 7.42. The first-order valence-electron chi connectivity index (χ1n) is 9.54. The van der Waals surface area contributed by atoms with Crippen LogP contribution in [0.25, 0.3) is 0 Å². The number of rotatable bonds is 4. The van der Waals surface area contributed by atoms with Gasteiger partial charge in [-0.3, -0.25) is 9.80 Å². The van der Waals surface area contributed by atoms with E-state index in [0.29, 0.717) is 6.10 Å². The van der Waals surface area contributed by atoms with Crippen LogP contribution in [0.2, 0.25) is 0 Å². The summed E-state index contributed by atoms with van der Waals surface area (Å²) in [7, 11) is 2.23. The highest BCUT2D eigenvalue weighted by atomic mass is 32.1. The molecule has 0 bridgehead atoms. The molecule has 4 nitrogen and oxygen atoms in total. The van der Waals surface area contributed by atoms with E-state index in [1.54, 1.807) is 0 Å². The number of hydrogen-bond acceptors (Lipinski definition) is 5. The maximum Gasteiger partial charge on any atom is 0.0825 e. The molecule has 0 unspecified atom stereocenters. The summed E-state index contributed by atoms with van der Waals surface area (Å²) < 4.78 is 6.72. The Morgan fingerprint density at radius 3 is 2.83 bits per heavy atom. The molecule has 24 heavy (non-hydrogen) atoms. The van der Waals surface area contributed by atoms with E-state index in [1.807, 2.05) is 11.3 Å². The number of ether oxygens (including phenoxy) is 1. The Hall–Kier alpha value is -0.460. The monoisotopic (exact) mass is 349 g/mol. The third-order valence-electron chi connectivity index (χ3n) is 5.99. The molecule has 3 aliphatic rings. The first kappa shape index (κ1) is 17.0. The summed E-state index contributed by atoms with van der Waals surface area (Å²) in [6.07, 6.45) is 5.51. The van der Waals surface area contributed by atoms with Gasteiger partial charge in [-0.15, -0.1) is 11.3 Å². The predicted molar refractivity (Wildman–Crippen MR) is 99.6 cm³/mol. The van der Waals surface area contributed by atoms with Crippen LogP contribution >= 0.6 is 11.3 Å². The molecule has 0 aromatic carbocycles. The molecule has 134 valence electrons. The van der Waals surface area contributed by atoms with Crippen molar-refractivity contribution in [3.8, 4) is 0 Å². The molecule has 4 rings (SSSR count). The van der Waals surface area contributed by atoms with E-state index in [-0.39, 0.29) is 5.60 Å². The van der Waals surface area contributed by atoms with Crippen molar-refractivity contribution in [3.05, 3.63) is 22.4 Å². The number of likely N-dealkylation sites (N-methyl/N-ethyl adjacent to an activating group) is 1. The van der Waals surface area contributed by atoms with Gasteiger partial charge in [-0.25, -0.2) is 0 Å². The lowest BCUT2D eigenvalue weighted by Gasteiger charge is -2.42. The fourth-order valence-corrected chi connectivity index (χ4v) is 5.30. The molecular weight excluding hydrogens is 318 g/mol. The van der Waals surface area contributed by atoms with Gasteiger partial charge in [-0.2, -0.15) is 0 Å². The summed E-state index contributed by atoms with van der Waals surface area (Å²) in [6, 6.07) is 4.42. The Morgan fingerprint density at radius 1 is 1.17 bits per heavy atom. The second-order valence-electron chi connectivity index (χ2n) is 7.96. The van der Waals surface area contributed by atoms with E-state index >= 15 is 0 Å². The van der Waals surface area contributed by atoms with Crippen molar-refractivity contribution in [1.82, 2.24) is 14.7 Å². The van der Waals surface area contributed by atoms with E-state index in [0.717, 1.165) is 19.6 Å². The fourth-order valence-electron chi connectivity index (χ4n) is 4.56. The Morgan fingerprint density at radius 2 is 2.04 bits per heavy atom. The normalized spacial score (nSPS) is 33.5. The van der Waals surface area contributed by atoms with Crippen LogP contribution < -0.4 is 0 Å². The van der Waals surface area contributed by atoms with Crippen molar-refractivity contribution in [2.45, 2.75) is 43.9 Å². The summed E-state index contributed by atoms with van der Waals surface area (Å²) in [4.78, 5) is 9.13. The second-order valence-corrected chi connectivity index (χ2v) is 8.99. The molecule has 1 aromatic heterocycles. The number of likely N-dealkylation sites (tertiary alicyclic amines) is 1. The SMILES string of the molecule is CN1CCN(C[C@H]2CCC[C@]3(CCN(Cc4cccs4)C3)O2)CC1.